The number of nitrogens with one attached hydrogen (secondary N) is 1. The Morgan fingerprint density at radius 1 is 0.366 bits per heavy atom. The zero-order chi connectivity index (χ0) is 67.9. The summed E-state index contributed by atoms with van der Waals surface area (Å²) in [6.45, 7) is 6.48. The van der Waals surface area contributed by atoms with Crippen molar-refractivity contribution in [1.82, 2.24) is 44.9 Å². The van der Waals surface area contributed by atoms with Crippen LogP contribution in [0.25, 0.3) is 0 Å². The Morgan fingerprint density at radius 2 is 0.559 bits per heavy atom. The first-order chi connectivity index (χ1) is 44.3. The van der Waals surface area contributed by atoms with Crippen molar-refractivity contribution in [3.8, 4) is 40.2 Å². The summed E-state index contributed by atoms with van der Waals surface area (Å²) in [6, 6.07) is 47.4. The topological polar surface area (TPSA) is 312 Å². The number of aromatic hydroxyl groups is 6. The molecule has 0 bridgehead atoms. The van der Waals surface area contributed by atoms with Crippen molar-refractivity contribution in [3.05, 3.63) is 211 Å². The number of phenols is 6. The molecule has 29 heteroatoms. The molecule has 7 aromatic carbocycles. The normalized spacial score (nSPS) is 10.1. The number of phenolic OH excluding ortho intramolecular Hbond substituents is 6. The molecular weight excluding hydrogens is 1280 g/mol. The SMILES string of the molecule is C=CC(=O)Cl.C=CC(=O)Oc1ccc(N(C)c2nc(N(C)c3ccc(O)cc3)nc(N(C)c3ccc(O)cc3)n2)cc1.CN(c1ccc(O)cc1)c1nc(N(C)c2ccc(O)cc2)nc(N(C)c2ccc(O)cc2)n1.CNc1ccc(O)cc1.Clc1nc(Cl)nc(Cl)n1. The molecule has 7 N–H and O–H groups in total. The fraction of sp³-hybridized carbons (Fsp3) is 0.109. The molecular formula is C64H62Cl4N16O9. The monoisotopic (exact) mass is 1340 g/mol. The van der Waals surface area contributed by atoms with E-state index in [0.717, 1.165) is 52.0 Å². The van der Waals surface area contributed by atoms with Gasteiger partial charge in [-0.05, 0) is 222 Å². The zero-order valence-electron chi connectivity index (χ0n) is 50.9. The number of rotatable bonds is 16. The van der Waals surface area contributed by atoms with Gasteiger partial charge in [0.15, 0.2) is 0 Å². The highest BCUT2D eigenvalue weighted by molar-refractivity contribution is 6.66. The minimum Gasteiger partial charge on any atom is -0.508 e. The Balaban J connectivity index is 0.000000220. The van der Waals surface area contributed by atoms with Crippen LogP contribution in [0.5, 0.6) is 40.2 Å². The second-order valence-electron chi connectivity index (χ2n) is 19.0. The number of ether oxygens (including phenoxy) is 1. The molecule has 0 atom stereocenters. The zero-order valence-corrected chi connectivity index (χ0v) is 53.9. The maximum atomic E-state index is 11.5. The van der Waals surface area contributed by atoms with E-state index >= 15 is 0 Å². The van der Waals surface area contributed by atoms with Crippen molar-refractivity contribution < 1.29 is 45.0 Å². The number of hydrogen-bond donors (Lipinski definition) is 7. The van der Waals surface area contributed by atoms with Crippen molar-refractivity contribution in [2.75, 3.05) is 84.0 Å². The Morgan fingerprint density at radius 3 is 0.742 bits per heavy atom. The van der Waals surface area contributed by atoms with E-state index < -0.39 is 11.2 Å². The largest absolute Gasteiger partial charge is 0.508 e. The van der Waals surface area contributed by atoms with E-state index in [1.807, 2.05) is 61.5 Å². The number of hydrogen-bond acceptors (Lipinski definition) is 25. The summed E-state index contributed by atoms with van der Waals surface area (Å²) >= 11 is 20.7. The van der Waals surface area contributed by atoms with E-state index in [9.17, 15) is 35.1 Å². The van der Waals surface area contributed by atoms with Crippen molar-refractivity contribution >= 4 is 133 Å². The standard InChI is InChI=1S/C27H26N6O4.C24H24N6O3.C7H9NO.C3Cl3N3.C3H3ClO/c1-5-24(36)37-23-16-10-20(11-17-23)33(4)27-29-25(31(2)18-6-12-21(34)13-7-18)28-26(30-27)32(3)19-8-14-22(35)15-9-19;1-28(16-4-10-19(31)11-5-16)22-25-23(29(2)17-6-12-20(32)13-7-17)27-24(26-22)30(3)18-8-14-21(33)15-9-18;1-8-6-2-4-7(9)5-3-6;4-1-7-2(5)9-3(6)8-1;1-2-3(4)5/h5-17,34-35H,1H2,2-4H3;4-15,31-33H,1-3H3;2-5,8-9H,1H3;;2H,1H2. The van der Waals surface area contributed by atoms with Crippen LogP contribution in [0.1, 0.15) is 0 Å². The molecule has 3 heterocycles. The maximum absolute atomic E-state index is 11.5. The van der Waals surface area contributed by atoms with E-state index in [0.29, 0.717) is 47.2 Å². The fourth-order valence-electron chi connectivity index (χ4n) is 7.49. The van der Waals surface area contributed by atoms with Crippen LogP contribution in [-0.2, 0) is 9.59 Å². The number of anilines is 13. The van der Waals surface area contributed by atoms with Crippen LogP contribution in [0.4, 0.5) is 75.5 Å². The second-order valence-corrected chi connectivity index (χ2v) is 20.4. The third kappa shape index (κ3) is 21.5. The van der Waals surface area contributed by atoms with E-state index in [1.165, 1.54) is 0 Å². The fourth-order valence-corrected chi connectivity index (χ4v) is 8.10. The van der Waals surface area contributed by atoms with E-state index in [2.05, 4.69) is 63.3 Å². The molecule has 0 aliphatic rings. The van der Waals surface area contributed by atoms with Crippen molar-refractivity contribution in [3.63, 3.8) is 0 Å². The van der Waals surface area contributed by atoms with Crippen LogP contribution in [0, 0.1) is 0 Å². The summed E-state index contributed by atoms with van der Waals surface area (Å²) in [6.07, 6.45) is 2.14. The lowest BCUT2D eigenvalue weighted by molar-refractivity contribution is -0.129. The first-order valence-corrected chi connectivity index (χ1v) is 28.7. The molecule has 10 rings (SSSR count). The molecule has 0 radical (unpaired) electrons. The summed E-state index contributed by atoms with van der Waals surface area (Å²) in [5, 5.41) is 59.5. The lowest BCUT2D eigenvalue weighted by Gasteiger charge is -2.25. The average Bonchev–Trinajstić information content (AvgIpc) is 0.824. The van der Waals surface area contributed by atoms with Crippen LogP contribution in [0.3, 0.4) is 0 Å². The van der Waals surface area contributed by atoms with Gasteiger partial charge in [0, 0.05) is 95.2 Å². The molecule has 10 aromatic rings. The second kappa shape index (κ2) is 34.1. The van der Waals surface area contributed by atoms with Gasteiger partial charge in [-0.1, -0.05) is 13.2 Å². The van der Waals surface area contributed by atoms with Gasteiger partial charge in [0.2, 0.25) is 56.8 Å². The Kier molecular flexibility index (Phi) is 26.0. The van der Waals surface area contributed by atoms with Gasteiger partial charge in [-0.2, -0.15) is 44.9 Å². The Hall–Kier alpha value is -11.3. The van der Waals surface area contributed by atoms with Gasteiger partial charge in [0.1, 0.15) is 40.2 Å². The number of carbonyl (C=O) groups is 2. The van der Waals surface area contributed by atoms with Gasteiger partial charge >= 0.3 is 5.97 Å². The summed E-state index contributed by atoms with van der Waals surface area (Å²) in [5.41, 5.74) is 5.66. The van der Waals surface area contributed by atoms with Crippen molar-refractivity contribution in [2.24, 2.45) is 0 Å². The summed E-state index contributed by atoms with van der Waals surface area (Å²) in [7, 11) is 12.8. The highest BCUT2D eigenvalue weighted by Gasteiger charge is 2.21. The molecule has 0 unspecified atom stereocenters. The molecule has 3 aromatic heterocycles. The number of benzene rings is 7. The molecule has 0 amide bonds. The first kappa shape index (κ1) is 70.8. The first-order valence-electron chi connectivity index (χ1n) is 27.2. The van der Waals surface area contributed by atoms with Crippen LogP contribution in [-0.4, -0.2) is 136 Å². The van der Waals surface area contributed by atoms with Crippen molar-refractivity contribution in [1.29, 1.82) is 0 Å². The quantitative estimate of drug-likeness (QED) is 0.0155. The van der Waals surface area contributed by atoms with Crippen LogP contribution >= 0.6 is 46.4 Å². The van der Waals surface area contributed by atoms with E-state index in [4.69, 9.17) is 56.2 Å². The minimum atomic E-state index is -0.539. The van der Waals surface area contributed by atoms with Gasteiger partial charge < -0.3 is 70.1 Å². The summed E-state index contributed by atoms with van der Waals surface area (Å²) in [4.78, 5) is 70.1. The number of esters is 1. The Labute approximate surface area is 555 Å². The third-order valence-electron chi connectivity index (χ3n) is 12.7. The number of aromatic nitrogens is 9. The maximum Gasteiger partial charge on any atom is 0.335 e. The third-order valence-corrected chi connectivity index (χ3v) is 13.3. The number of carbonyl (C=O) groups excluding carboxylic acids is 2. The van der Waals surface area contributed by atoms with Gasteiger partial charge in [-0.3, -0.25) is 4.79 Å². The average molecular weight is 1340 g/mol. The van der Waals surface area contributed by atoms with E-state index in [1.54, 1.807) is 187 Å². The lowest BCUT2D eigenvalue weighted by Crippen LogP contribution is -2.22. The molecule has 0 saturated heterocycles. The Bertz CT molecular complexity index is 3790. The van der Waals surface area contributed by atoms with Crippen molar-refractivity contribution in [2.45, 2.75) is 0 Å². The summed E-state index contributed by atoms with van der Waals surface area (Å²) in [5.74, 6) is 3.29. The van der Waals surface area contributed by atoms with Gasteiger partial charge in [0.25, 0.3) is 0 Å². The highest BCUT2D eigenvalue weighted by atomic mass is 35.5. The van der Waals surface area contributed by atoms with Gasteiger partial charge in [0.05, 0.1) is 0 Å². The molecule has 0 fully saturated rings. The van der Waals surface area contributed by atoms with Crippen LogP contribution in [0.2, 0.25) is 15.9 Å². The number of allylic oxidation sites excluding steroid dienone is 1. The van der Waals surface area contributed by atoms with Crippen LogP contribution in [0.15, 0.2) is 195 Å². The smallest absolute Gasteiger partial charge is 0.335 e. The van der Waals surface area contributed by atoms with Crippen LogP contribution < -0.4 is 39.5 Å². The van der Waals surface area contributed by atoms with E-state index in [-0.39, 0.29) is 44.6 Å². The molecule has 0 spiro atoms. The molecule has 480 valence electrons. The van der Waals surface area contributed by atoms with Gasteiger partial charge in [-0.15, -0.1) is 0 Å². The molecule has 0 aliphatic carbocycles. The minimum absolute atomic E-state index is 0.000000000000000444. The molecule has 93 heavy (non-hydrogen) atoms. The summed E-state index contributed by atoms with van der Waals surface area (Å²) < 4.78 is 5.15. The van der Waals surface area contributed by atoms with Gasteiger partial charge in [-0.25, -0.2) is 4.79 Å². The predicted molar refractivity (Wildman–Crippen MR) is 364 cm³/mol. The highest BCUT2D eigenvalue weighted by Crippen LogP contribution is 2.34. The molecule has 25 nitrogen and oxygen atoms in total. The molecule has 0 saturated carbocycles. The lowest BCUT2D eigenvalue weighted by atomic mass is 10.3. The molecule has 0 aliphatic heterocycles. The number of nitrogens with zero attached hydrogens (tertiary/aromatic N) is 15. The predicted octanol–water partition coefficient (Wildman–Crippen LogP) is 13.2. The number of halogens is 4.